The highest BCUT2D eigenvalue weighted by atomic mass is 19.2. The summed E-state index contributed by atoms with van der Waals surface area (Å²) < 4.78 is 85.5. The van der Waals surface area contributed by atoms with Gasteiger partial charge in [0.15, 0.2) is 11.6 Å². The summed E-state index contributed by atoms with van der Waals surface area (Å²) in [7, 11) is 1.65. The maximum Gasteiger partial charge on any atom is 0.313 e. The van der Waals surface area contributed by atoms with Gasteiger partial charge in [0.1, 0.15) is 5.75 Å². The third-order valence-electron chi connectivity index (χ3n) is 7.43. The van der Waals surface area contributed by atoms with Crippen LogP contribution in [0.5, 0.6) is 11.5 Å². The summed E-state index contributed by atoms with van der Waals surface area (Å²) in [5.41, 5.74) is 2.62. The van der Waals surface area contributed by atoms with Gasteiger partial charge in [-0.3, -0.25) is 10.1 Å². The molecule has 0 atom stereocenters. The van der Waals surface area contributed by atoms with Gasteiger partial charge in [-0.2, -0.15) is 8.78 Å². The number of ether oxygens (including phenoxy) is 6. The Morgan fingerprint density at radius 3 is 1.55 bits per heavy atom. The van der Waals surface area contributed by atoms with E-state index < -0.39 is 46.9 Å². The second-order valence-electron chi connectivity index (χ2n) is 10.6. The molecule has 0 fully saturated rings. The second kappa shape index (κ2) is 19.6. The van der Waals surface area contributed by atoms with Crippen LogP contribution in [0.1, 0.15) is 23.1 Å². The number of benzene rings is 4. The van der Waals surface area contributed by atoms with Crippen LogP contribution in [0.25, 0.3) is 0 Å². The van der Waals surface area contributed by atoms with Gasteiger partial charge in [-0.1, -0.05) is 72.8 Å². The fraction of sp³-hybridized carbons (Fsp3) is 0.324. The van der Waals surface area contributed by atoms with Crippen molar-refractivity contribution in [3.63, 3.8) is 0 Å². The maximum atomic E-state index is 13.6. The van der Waals surface area contributed by atoms with Crippen LogP contribution in [0.15, 0.2) is 91.0 Å². The Kier molecular flexibility index (Phi) is 15.0. The van der Waals surface area contributed by atoms with Gasteiger partial charge < -0.3 is 28.4 Å². The van der Waals surface area contributed by atoms with Gasteiger partial charge in [-0.15, -0.1) is 0 Å². The Hall–Kier alpha value is -4.33. The van der Waals surface area contributed by atoms with Crippen molar-refractivity contribution in [2.75, 3.05) is 66.5 Å². The highest BCUT2D eigenvalue weighted by molar-refractivity contribution is 5.72. The van der Waals surface area contributed by atoms with Crippen LogP contribution < -0.4 is 14.8 Å². The van der Waals surface area contributed by atoms with E-state index in [4.69, 9.17) is 23.7 Å². The number of hydrogen-bond donors (Lipinski definition) is 1. The number of hydrogen-bond acceptors (Lipinski definition) is 8. The van der Waals surface area contributed by atoms with Gasteiger partial charge >= 0.3 is 5.97 Å². The minimum Gasteiger partial charge on any atom is -0.497 e. The van der Waals surface area contributed by atoms with Crippen LogP contribution in [0.3, 0.4) is 0 Å². The Morgan fingerprint density at radius 2 is 1.06 bits per heavy atom. The zero-order valence-corrected chi connectivity index (χ0v) is 27.1. The predicted molar refractivity (Wildman–Crippen MR) is 174 cm³/mol. The van der Waals surface area contributed by atoms with Crippen molar-refractivity contribution in [2.24, 2.45) is 0 Å². The molecule has 0 aromatic heterocycles. The molecule has 0 heterocycles. The third-order valence-corrected chi connectivity index (χ3v) is 7.43. The molecule has 0 amide bonds. The highest BCUT2D eigenvalue weighted by Crippen LogP contribution is 2.37. The molecule has 0 saturated heterocycles. The fourth-order valence-corrected chi connectivity index (χ4v) is 5.06. The van der Waals surface area contributed by atoms with E-state index in [1.165, 1.54) is 0 Å². The summed E-state index contributed by atoms with van der Waals surface area (Å²) in [6.07, 6.45) is -0.392. The Morgan fingerprint density at radius 1 is 0.612 bits per heavy atom. The van der Waals surface area contributed by atoms with Gasteiger partial charge in [-0.25, -0.2) is 8.78 Å². The molecular weight excluding hydrogens is 646 g/mol. The SMILES string of the molecule is COc1ccc(C(NCCOCCOCCOCCOCCC(=O)Oc2c(F)c(F)cc(F)c2F)(c2ccccc2)c2ccccc2)cc1. The van der Waals surface area contributed by atoms with Crippen molar-refractivity contribution in [3.05, 3.63) is 131 Å². The Balaban J connectivity index is 1.11. The molecule has 4 aromatic carbocycles. The average molecular weight is 686 g/mol. The first-order chi connectivity index (χ1) is 23.9. The van der Waals surface area contributed by atoms with Crippen molar-refractivity contribution in [1.82, 2.24) is 5.32 Å². The second-order valence-corrected chi connectivity index (χ2v) is 10.6. The average Bonchev–Trinajstić information content (AvgIpc) is 3.13. The summed E-state index contributed by atoms with van der Waals surface area (Å²) in [5, 5.41) is 3.76. The minimum atomic E-state index is -1.79. The van der Waals surface area contributed by atoms with Crippen LogP contribution >= 0.6 is 0 Å². The van der Waals surface area contributed by atoms with Gasteiger partial charge in [0.05, 0.1) is 71.9 Å². The van der Waals surface area contributed by atoms with Crippen molar-refractivity contribution in [3.8, 4) is 11.5 Å². The predicted octanol–water partition coefficient (Wildman–Crippen LogP) is 6.20. The van der Waals surface area contributed by atoms with Crippen molar-refractivity contribution in [2.45, 2.75) is 12.0 Å². The molecule has 8 nitrogen and oxygen atoms in total. The minimum absolute atomic E-state index is 0.0249. The molecule has 0 saturated carbocycles. The number of carbonyl (C=O) groups is 1. The maximum absolute atomic E-state index is 13.6. The lowest BCUT2D eigenvalue weighted by molar-refractivity contribution is -0.136. The molecule has 0 radical (unpaired) electrons. The molecule has 1 N–H and O–H groups in total. The monoisotopic (exact) mass is 685 g/mol. The molecule has 0 spiro atoms. The standard InChI is InChI=1S/C37H39F4NO7/c1-44-30-14-12-29(13-15-30)37(27-8-4-2-5-9-27,28-10-6-3-7-11-28)42-17-19-46-21-23-48-25-24-47-22-20-45-18-16-33(43)49-36-34(40)31(38)26-32(39)35(36)41/h2-15,26,42H,16-25H2,1H3. The molecule has 0 bridgehead atoms. The number of halogens is 4. The lowest BCUT2D eigenvalue weighted by atomic mass is 9.77. The van der Waals surface area contributed by atoms with E-state index in [-0.39, 0.29) is 25.9 Å². The molecule has 4 aromatic rings. The van der Waals surface area contributed by atoms with Crippen molar-refractivity contribution < 1.29 is 50.8 Å². The Bertz CT molecular complexity index is 1510. The van der Waals surface area contributed by atoms with Gasteiger partial charge in [0, 0.05) is 12.6 Å². The summed E-state index contributed by atoms with van der Waals surface area (Å²) in [6, 6.07) is 28.6. The number of nitrogens with one attached hydrogen (secondary N) is 1. The molecule has 12 heteroatoms. The van der Waals surface area contributed by atoms with Gasteiger partial charge in [0.25, 0.3) is 0 Å². The lowest BCUT2D eigenvalue weighted by Crippen LogP contribution is -2.46. The van der Waals surface area contributed by atoms with Crippen molar-refractivity contribution in [1.29, 1.82) is 0 Å². The number of rotatable bonds is 21. The third kappa shape index (κ3) is 10.6. The summed E-state index contributed by atoms with van der Waals surface area (Å²) in [6.45, 7) is 2.60. The summed E-state index contributed by atoms with van der Waals surface area (Å²) in [5.74, 6) is -8.68. The molecule has 0 aliphatic rings. The topological polar surface area (TPSA) is 84.5 Å². The highest BCUT2D eigenvalue weighted by Gasteiger charge is 2.35. The Labute approximate surface area is 282 Å². The van der Waals surface area contributed by atoms with Gasteiger partial charge in [-0.05, 0) is 28.8 Å². The molecule has 0 aliphatic carbocycles. The van der Waals surface area contributed by atoms with E-state index in [1.54, 1.807) is 7.11 Å². The first kappa shape index (κ1) is 37.5. The zero-order chi connectivity index (χ0) is 34.9. The number of carbonyl (C=O) groups excluding carboxylic acids is 1. The van der Waals surface area contributed by atoms with Crippen molar-refractivity contribution >= 4 is 5.97 Å². The largest absolute Gasteiger partial charge is 0.497 e. The number of methoxy groups -OCH3 is 1. The first-order valence-electron chi connectivity index (χ1n) is 15.7. The molecule has 0 unspecified atom stereocenters. The van der Waals surface area contributed by atoms with E-state index in [0.29, 0.717) is 39.6 Å². The summed E-state index contributed by atoms with van der Waals surface area (Å²) in [4.78, 5) is 11.8. The molecule has 49 heavy (non-hydrogen) atoms. The van der Waals surface area contributed by atoms with E-state index in [0.717, 1.165) is 22.4 Å². The fourth-order valence-electron chi connectivity index (χ4n) is 5.06. The van der Waals surface area contributed by atoms with E-state index >= 15 is 0 Å². The quantitative estimate of drug-likeness (QED) is 0.0278. The first-order valence-corrected chi connectivity index (χ1v) is 15.7. The normalized spacial score (nSPS) is 11.4. The van der Waals surface area contributed by atoms with Crippen LogP contribution in [0.4, 0.5) is 17.6 Å². The van der Waals surface area contributed by atoms with Crippen LogP contribution in [0.2, 0.25) is 0 Å². The number of esters is 1. The lowest BCUT2D eigenvalue weighted by Gasteiger charge is -2.37. The smallest absolute Gasteiger partial charge is 0.313 e. The summed E-state index contributed by atoms with van der Waals surface area (Å²) >= 11 is 0. The van der Waals surface area contributed by atoms with Gasteiger partial charge in [0.2, 0.25) is 17.4 Å². The van der Waals surface area contributed by atoms with Crippen LogP contribution in [-0.4, -0.2) is 72.5 Å². The van der Waals surface area contributed by atoms with E-state index in [1.807, 2.05) is 48.5 Å². The van der Waals surface area contributed by atoms with Crippen LogP contribution in [-0.2, 0) is 29.3 Å². The molecule has 262 valence electrons. The van der Waals surface area contributed by atoms with E-state index in [2.05, 4.69) is 46.5 Å². The molecule has 4 rings (SSSR count). The molecular formula is C37H39F4NO7. The van der Waals surface area contributed by atoms with Crippen LogP contribution in [0, 0.1) is 23.3 Å². The van der Waals surface area contributed by atoms with E-state index in [9.17, 15) is 22.4 Å². The molecule has 0 aliphatic heterocycles. The zero-order valence-electron chi connectivity index (χ0n) is 27.1.